The topological polar surface area (TPSA) is 40.5 Å². The highest BCUT2D eigenvalue weighted by molar-refractivity contribution is 9.10. The van der Waals surface area contributed by atoms with E-state index in [-0.39, 0.29) is 5.54 Å². The molecule has 0 heterocycles. The standard InChI is InChI=1S/C16H20BrNO2/c1-5-10-18(16(2,3)4)14-8-7-13(17)11-12(14)6-9-15(19)20/h5-9,11H,1,10H2,2-4H3,(H,19,20)/b9-6+. The van der Waals surface area contributed by atoms with Crippen molar-refractivity contribution in [3.05, 3.63) is 47.0 Å². The molecule has 3 nitrogen and oxygen atoms in total. The van der Waals surface area contributed by atoms with Crippen LogP contribution in [0, 0.1) is 0 Å². The van der Waals surface area contributed by atoms with Gasteiger partial charge in [-0.15, -0.1) is 6.58 Å². The third kappa shape index (κ3) is 4.53. The summed E-state index contributed by atoms with van der Waals surface area (Å²) in [6, 6.07) is 5.85. The first-order valence-electron chi connectivity index (χ1n) is 6.35. The highest BCUT2D eigenvalue weighted by Crippen LogP contribution is 2.30. The Balaban J connectivity index is 3.33. The fraction of sp³-hybridized carbons (Fsp3) is 0.312. The molecule has 0 bridgehead atoms. The Kier molecular flexibility index (Phi) is 5.57. The molecule has 0 fully saturated rings. The van der Waals surface area contributed by atoms with E-state index in [0.717, 1.165) is 21.8 Å². The van der Waals surface area contributed by atoms with E-state index in [9.17, 15) is 4.79 Å². The van der Waals surface area contributed by atoms with Crippen molar-refractivity contribution >= 4 is 33.7 Å². The maximum atomic E-state index is 10.7. The van der Waals surface area contributed by atoms with Crippen LogP contribution in [0.4, 0.5) is 5.69 Å². The van der Waals surface area contributed by atoms with Gasteiger partial charge in [-0.3, -0.25) is 0 Å². The lowest BCUT2D eigenvalue weighted by Gasteiger charge is -2.38. The summed E-state index contributed by atoms with van der Waals surface area (Å²) in [5.41, 5.74) is 1.75. The lowest BCUT2D eigenvalue weighted by atomic mass is 10.0. The van der Waals surface area contributed by atoms with Crippen LogP contribution in [0.25, 0.3) is 6.08 Å². The van der Waals surface area contributed by atoms with Gasteiger partial charge >= 0.3 is 5.97 Å². The number of hydrogen-bond acceptors (Lipinski definition) is 2. The van der Waals surface area contributed by atoms with Gasteiger partial charge in [-0.05, 0) is 50.6 Å². The highest BCUT2D eigenvalue weighted by atomic mass is 79.9. The summed E-state index contributed by atoms with van der Waals surface area (Å²) < 4.78 is 0.916. The summed E-state index contributed by atoms with van der Waals surface area (Å²) in [6.07, 6.45) is 4.61. The molecule has 0 saturated carbocycles. The van der Waals surface area contributed by atoms with E-state index in [4.69, 9.17) is 5.11 Å². The van der Waals surface area contributed by atoms with Gasteiger partial charge in [0.05, 0.1) is 0 Å². The van der Waals surface area contributed by atoms with Gasteiger partial charge in [0, 0.05) is 28.3 Å². The summed E-state index contributed by atoms with van der Waals surface area (Å²) in [6.45, 7) is 10.8. The molecule has 4 heteroatoms. The molecule has 0 saturated heterocycles. The van der Waals surface area contributed by atoms with E-state index < -0.39 is 5.97 Å². The van der Waals surface area contributed by atoms with Crippen molar-refractivity contribution < 1.29 is 9.90 Å². The number of benzene rings is 1. The normalized spacial score (nSPS) is 11.6. The van der Waals surface area contributed by atoms with Crippen LogP contribution in [0.2, 0.25) is 0 Å². The van der Waals surface area contributed by atoms with Crippen LogP contribution < -0.4 is 4.90 Å². The molecule has 1 aromatic carbocycles. The molecule has 0 aliphatic rings. The van der Waals surface area contributed by atoms with Crippen molar-refractivity contribution in [3.8, 4) is 0 Å². The molecule has 0 aliphatic heterocycles. The number of carbonyl (C=O) groups is 1. The summed E-state index contributed by atoms with van der Waals surface area (Å²) in [4.78, 5) is 12.9. The molecule has 0 aliphatic carbocycles. The van der Waals surface area contributed by atoms with Crippen molar-refractivity contribution in [3.63, 3.8) is 0 Å². The minimum atomic E-state index is -0.957. The molecule has 108 valence electrons. The van der Waals surface area contributed by atoms with E-state index >= 15 is 0 Å². The van der Waals surface area contributed by atoms with Gasteiger partial charge in [-0.25, -0.2) is 4.79 Å². The molecule has 1 N–H and O–H groups in total. The molecule has 20 heavy (non-hydrogen) atoms. The van der Waals surface area contributed by atoms with E-state index in [1.165, 1.54) is 0 Å². The van der Waals surface area contributed by atoms with Crippen molar-refractivity contribution in [2.75, 3.05) is 11.4 Å². The predicted octanol–water partition coefficient (Wildman–Crippen LogP) is 4.34. The van der Waals surface area contributed by atoms with Crippen LogP contribution in [0.15, 0.2) is 41.4 Å². The van der Waals surface area contributed by atoms with Crippen LogP contribution in [0.1, 0.15) is 26.3 Å². The number of rotatable bonds is 5. The Morgan fingerprint density at radius 3 is 2.60 bits per heavy atom. The van der Waals surface area contributed by atoms with Crippen molar-refractivity contribution in [2.24, 2.45) is 0 Å². The average Bonchev–Trinajstić information content (AvgIpc) is 2.33. The van der Waals surface area contributed by atoms with Crippen LogP contribution in [-0.4, -0.2) is 23.2 Å². The minimum absolute atomic E-state index is 0.0895. The Morgan fingerprint density at radius 2 is 2.10 bits per heavy atom. The molecule has 1 aromatic rings. The zero-order valence-corrected chi connectivity index (χ0v) is 13.6. The van der Waals surface area contributed by atoms with E-state index in [1.54, 1.807) is 6.08 Å². The number of carboxylic acids is 1. The zero-order valence-electron chi connectivity index (χ0n) is 12.1. The van der Waals surface area contributed by atoms with E-state index in [1.807, 2.05) is 24.3 Å². The Morgan fingerprint density at radius 1 is 1.45 bits per heavy atom. The maximum Gasteiger partial charge on any atom is 0.328 e. The van der Waals surface area contributed by atoms with Crippen LogP contribution in [0.5, 0.6) is 0 Å². The first-order valence-corrected chi connectivity index (χ1v) is 7.14. The maximum absolute atomic E-state index is 10.7. The molecule has 0 atom stereocenters. The number of nitrogens with zero attached hydrogens (tertiary/aromatic N) is 1. The number of aliphatic carboxylic acids is 1. The third-order valence-corrected chi connectivity index (χ3v) is 3.30. The molecular weight excluding hydrogens is 318 g/mol. The van der Waals surface area contributed by atoms with Gasteiger partial charge in [0.1, 0.15) is 0 Å². The highest BCUT2D eigenvalue weighted by Gasteiger charge is 2.22. The monoisotopic (exact) mass is 337 g/mol. The second-order valence-electron chi connectivity index (χ2n) is 5.44. The zero-order chi connectivity index (χ0) is 15.3. The first kappa shape index (κ1) is 16.5. The largest absolute Gasteiger partial charge is 0.478 e. The smallest absolute Gasteiger partial charge is 0.328 e. The van der Waals surface area contributed by atoms with E-state index in [0.29, 0.717) is 6.54 Å². The second kappa shape index (κ2) is 6.75. The van der Waals surface area contributed by atoms with Crippen molar-refractivity contribution in [1.29, 1.82) is 0 Å². The number of halogens is 1. The van der Waals surface area contributed by atoms with Gasteiger partial charge in [0.15, 0.2) is 0 Å². The third-order valence-electron chi connectivity index (χ3n) is 2.81. The summed E-state index contributed by atoms with van der Waals surface area (Å²) in [7, 11) is 0. The van der Waals surface area contributed by atoms with Crippen molar-refractivity contribution in [1.82, 2.24) is 0 Å². The summed E-state index contributed by atoms with van der Waals surface area (Å²) in [5.74, 6) is -0.957. The van der Waals surface area contributed by atoms with Gasteiger partial charge < -0.3 is 10.0 Å². The minimum Gasteiger partial charge on any atom is -0.478 e. The first-order chi connectivity index (χ1) is 9.25. The predicted molar refractivity (Wildman–Crippen MR) is 88.1 cm³/mol. The molecule has 0 aromatic heterocycles. The van der Waals surface area contributed by atoms with Crippen LogP contribution in [0.3, 0.4) is 0 Å². The van der Waals surface area contributed by atoms with Gasteiger partial charge in [0.25, 0.3) is 0 Å². The number of anilines is 1. The van der Waals surface area contributed by atoms with Crippen LogP contribution >= 0.6 is 15.9 Å². The molecule has 1 rings (SSSR count). The van der Waals surface area contributed by atoms with Crippen molar-refractivity contribution in [2.45, 2.75) is 26.3 Å². The SMILES string of the molecule is C=CCN(c1ccc(Br)cc1/C=C/C(=O)O)C(C)(C)C. The Hall–Kier alpha value is -1.55. The Labute approximate surface area is 128 Å². The molecular formula is C16H20BrNO2. The second-order valence-corrected chi connectivity index (χ2v) is 6.36. The molecule has 0 amide bonds. The van der Waals surface area contributed by atoms with Gasteiger partial charge in [-0.2, -0.15) is 0 Å². The lowest BCUT2D eigenvalue weighted by Crippen LogP contribution is -2.42. The molecule has 0 spiro atoms. The fourth-order valence-corrected chi connectivity index (χ4v) is 2.31. The lowest BCUT2D eigenvalue weighted by molar-refractivity contribution is -0.131. The number of carboxylic acid groups (broad SMARTS) is 1. The number of hydrogen-bond donors (Lipinski definition) is 1. The average molecular weight is 338 g/mol. The van der Waals surface area contributed by atoms with Gasteiger partial charge in [0.2, 0.25) is 0 Å². The van der Waals surface area contributed by atoms with Crippen LogP contribution in [-0.2, 0) is 4.79 Å². The van der Waals surface area contributed by atoms with Gasteiger partial charge in [-0.1, -0.05) is 22.0 Å². The Bertz CT molecular complexity index is 530. The molecule has 0 radical (unpaired) electrons. The quantitative estimate of drug-likeness (QED) is 0.641. The molecule has 0 unspecified atom stereocenters. The van der Waals surface area contributed by atoms with E-state index in [2.05, 4.69) is 48.2 Å². The summed E-state index contributed by atoms with van der Waals surface area (Å²) in [5, 5.41) is 8.81. The summed E-state index contributed by atoms with van der Waals surface area (Å²) >= 11 is 3.42. The fourth-order valence-electron chi connectivity index (χ4n) is 1.93.